The van der Waals surface area contributed by atoms with E-state index in [-0.39, 0.29) is 6.10 Å². The number of ether oxygens (including phenoxy) is 2. The molecule has 1 aliphatic rings. The molecule has 2 aromatic rings. The fourth-order valence-corrected chi connectivity index (χ4v) is 3.77. The molecule has 2 aromatic carbocycles. The number of nitrogens with one attached hydrogen (secondary N) is 2. The van der Waals surface area contributed by atoms with Gasteiger partial charge in [0, 0.05) is 39.5 Å². The Hall–Kier alpha value is -2.57. The highest BCUT2D eigenvalue weighted by atomic mass is 16.5. The van der Waals surface area contributed by atoms with Gasteiger partial charge in [-0.1, -0.05) is 35.9 Å². The number of rotatable bonds is 7. The second-order valence-electron chi connectivity index (χ2n) is 7.68. The molecule has 0 spiro atoms. The number of aliphatic imine (C=N–C) groups is 1. The lowest BCUT2D eigenvalue weighted by Gasteiger charge is -2.36. The number of anilines is 1. The second-order valence-corrected chi connectivity index (χ2v) is 7.68. The molecule has 0 saturated carbocycles. The van der Waals surface area contributed by atoms with Gasteiger partial charge in [-0.15, -0.1) is 0 Å². The highest BCUT2D eigenvalue weighted by Gasteiger charge is 2.25. The van der Waals surface area contributed by atoms with E-state index >= 15 is 0 Å². The van der Waals surface area contributed by atoms with Gasteiger partial charge in [0.15, 0.2) is 5.96 Å². The zero-order valence-corrected chi connectivity index (χ0v) is 18.6. The molecule has 2 N–H and O–H groups in total. The van der Waals surface area contributed by atoms with Crippen LogP contribution < -0.4 is 10.6 Å². The van der Waals surface area contributed by atoms with Crippen LogP contribution in [0.15, 0.2) is 47.5 Å². The molecular weight excluding hydrogens is 376 g/mol. The maximum atomic E-state index is 6.09. The Bertz CT molecular complexity index is 836. The van der Waals surface area contributed by atoms with E-state index in [4.69, 9.17) is 9.47 Å². The van der Waals surface area contributed by atoms with Crippen LogP contribution >= 0.6 is 0 Å². The van der Waals surface area contributed by atoms with E-state index in [1.165, 1.54) is 22.3 Å². The summed E-state index contributed by atoms with van der Waals surface area (Å²) in [6, 6.07) is 15.0. The minimum absolute atomic E-state index is 0.0651. The van der Waals surface area contributed by atoms with Crippen molar-refractivity contribution in [1.29, 1.82) is 0 Å². The summed E-state index contributed by atoms with van der Waals surface area (Å²) in [6.07, 6.45) is 0.0651. The molecule has 0 bridgehead atoms. The number of guanidine groups is 1. The molecule has 30 heavy (non-hydrogen) atoms. The maximum absolute atomic E-state index is 6.09. The van der Waals surface area contributed by atoms with Gasteiger partial charge in [0.2, 0.25) is 0 Å². The lowest BCUT2D eigenvalue weighted by Crippen LogP contribution is -2.48. The van der Waals surface area contributed by atoms with Crippen molar-refractivity contribution in [3.63, 3.8) is 0 Å². The Kier molecular flexibility index (Phi) is 8.11. The zero-order valence-electron chi connectivity index (χ0n) is 18.6. The van der Waals surface area contributed by atoms with Crippen molar-refractivity contribution < 1.29 is 9.47 Å². The van der Waals surface area contributed by atoms with Crippen LogP contribution in [0.2, 0.25) is 0 Å². The summed E-state index contributed by atoms with van der Waals surface area (Å²) in [5.74, 6) is 0.912. The van der Waals surface area contributed by atoms with Crippen LogP contribution in [0.3, 0.4) is 0 Å². The summed E-state index contributed by atoms with van der Waals surface area (Å²) in [6.45, 7) is 8.85. The quantitative estimate of drug-likeness (QED) is 0.416. The van der Waals surface area contributed by atoms with Gasteiger partial charge in [-0.05, 0) is 42.7 Å². The molecule has 1 aliphatic heterocycles. The number of morpholine rings is 1. The van der Waals surface area contributed by atoms with Gasteiger partial charge in [-0.3, -0.25) is 4.99 Å². The summed E-state index contributed by atoms with van der Waals surface area (Å²) in [5, 5.41) is 6.84. The van der Waals surface area contributed by atoms with Crippen molar-refractivity contribution in [2.45, 2.75) is 26.5 Å². The number of aryl methyl sites for hydroxylation is 2. The standard InChI is InChI=1S/C24H34N4O2/c1-18-5-10-22(19(2)15-18)23-17-28(12-14-30-23)24(25-3)27-16-20-6-8-21(9-7-20)26-11-13-29-4/h5-10,15,23,26H,11-14,16-17H2,1-4H3,(H,25,27). The third kappa shape index (κ3) is 5.97. The molecular formula is C24H34N4O2. The number of nitrogens with zero attached hydrogens (tertiary/aromatic N) is 2. The number of hydrogen-bond acceptors (Lipinski definition) is 4. The number of hydrogen-bond donors (Lipinski definition) is 2. The summed E-state index contributed by atoms with van der Waals surface area (Å²) in [5.41, 5.74) is 6.14. The largest absolute Gasteiger partial charge is 0.383 e. The first-order chi connectivity index (χ1) is 14.6. The molecule has 1 atom stereocenters. The molecule has 6 nitrogen and oxygen atoms in total. The van der Waals surface area contributed by atoms with Gasteiger partial charge >= 0.3 is 0 Å². The van der Waals surface area contributed by atoms with Crippen molar-refractivity contribution in [3.05, 3.63) is 64.7 Å². The zero-order chi connectivity index (χ0) is 21.3. The molecule has 1 heterocycles. The van der Waals surface area contributed by atoms with Crippen molar-refractivity contribution in [2.75, 3.05) is 52.3 Å². The van der Waals surface area contributed by atoms with E-state index in [1.54, 1.807) is 7.11 Å². The van der Waals surface area contributed by atoms with E-state index < -0.39 is 0 Å². The molecule has 0 radical (unpaired) electrons. The summed E-state index contributed by atoms with van der Waals surface area (Å²) in [4.78, 5) is 6.79. The van der Waals surface area contributed by atoms with Gasteiger partial charge in [0.25, 0.3) is 0 Å². The molecule has 0 aromatic heterocycles. The fraction of sp³-hybridized carbons (Fsp3) is 0.458. The van der Waals surface area contributed by atoms with Gasteiger partial charge < -0.3 is 25.0 Å². The maximum Gasteiger partial charge on any atom is 0.194 e. The highest BCUT2D eigenvalue weighted by Crippen LogP contribution is 2.26. The van der Waals surface area contributed by atoms with Crippen LogP contribution in [-0.4, -0.2) is 57.9 Å². The van der Waals surface area contributed by atoms with E-state index in [0.29, 0.717) is 13.2 Å². The average Bonchev–Trinajstić information content (AvgIpc) is 2.75. The van der Waals surface area contributed by atoms with Gasteiger partial charge in [-0.2, -0.15) is 0 Å². The van der Waals surface area contributed by atoms with E-state index in [9.17, 15) is 0 Å². The molecule has 0 aliphatic carbocycles. The number of methoxy groups -OCH3 is 1. The Morgan fingerprint density at radius 2 is 2.00 bits per heavy atom. The van der Waals surface area contributed by atoms with Crippen molar-refractivity contribution in [2.24, 2.45) is 4.99 Å². The molecule has 1 fully saturated rings. The molecule has 0 amide bonds. The topological polar surface area (TPSA) is 58.1 Å². The fourth-order valence-electron chi connectivity index (χ4n) is 3.77. The Morgan fingerprint density at radius 1 is 1.20 bits per heavy atom. The monoisotopic (exact) mass is 410 g/mol. The van der Waals surface area contributed by atoms with Gasteiger partial charge in [0.05, 0.1) is 19.8 Å². The van der Waals surface area contributed by atoms with Crippen LogP contribution in [0.5, 0.6) is 0 Å². The van der Waals surface area contributed by atoms with Gasteiger partial charge in [-0.25, -0.2) is 0 Å². The third-order valence-electron chi connectivity index (χ3n) is 5.39. The molecule has 6 heteroatoms. The van der Waals surface area contributed by atoms with Crippen LogP contribution in [0.25, 0.3) is 0 Å². The lowest BCUT2D eigenvalue weighted by molar-refractivity contribution is -0.00834. The Balaban J connectivity index is 1.56. The predicted octanol–water partition coefficient (Wildman–Crippen LogP) is 3.51. The Labute approximate surface area is 180 Å². The average molecular weight is 411 g/mol. The SMILES string of the molecule is CN=C(NCc1ccc(NCCOC)cc1)N1CCOC(c2ccc(C)cc2C)C1. The number of benzene rings is 2. The van der Waals surface area contributed by atoms with Crippen LogP contribution in [0.4, 0.5) is 5.69 Å². The third-order valence-corrected chi connectivity index (χ3v) is 5.39. The minimum atomic E-state index is 0.0651. The first-order valence-corrected chi connectivity index (χ1v) is 10.6. The molecule has 1 saturated heterocycles. The van der Waals surface area contributed by atoms with Crippen LogP contribution in [0, 0.1) is 13.8 Å². The highest BCUT2D eigenvalue weighted by molar-refractivity contribution is 5.80. The molecule has 3 rings (SSSR count). The summed E-state index contributed by atoms with van der Waals surface area (Å²) >= 11 is 0. The predicted molar refractivity (Wildman–Crippen MR) is 123 cm³/mol. The summed E-state index contributed by atoms with van der Waals surface area (Å²) < 4.78 is 11.2. The van der Waals surface area contributed by atoms with Crippen molar-refractivity contribution in [1.82, 2.24) is 10.2 Å². The molecule has 1 unspecified atom stereocenters. The van der Waals surface area contributed by atoms with E-state index in [1.807, 2.05) is 7.05 Å². The molecule has 162 valence electrons. The first kappa shape index (κ1) is 22.1. The first-order valence-electron chi connectivity index (χ1n) is 10.6. The van der Waals surface area contributed by atoms with E-state index in [2.05, 4.69) is 76.8 Å². The second kappa shape index (κ2) is 11.0. The van der Waals surface area contributed by atoms with Crippen LogP contribution in [-0.2, 0) is 16.0 Å². The Morgan fingerprint density at radius 3 is 2.70 bits per heavy atom. The van der Waals surface area contributed by atoms with E-state index in [0.717, 1.165) is 37.8 Å². The van der Waals surface area contributed by atoms with Gasteiger partial charge in [0.1, 0.15) is 6.10 Å². The van der Waals surface area contributed by atoms with Crippen LogP contribution in [0.1, 0.15) is 28.4 Å². The smallest absolute Gasteiger partial charge is 0.194 e. The lowest BCUT2D eigenvalue weighted by atomic mass is 10.00. The summed E-state index contributed by atoms with van der Waals surface area (Å²) in [7, 11) is 3.55. The van der Waals surface area contributed by atoms with Crippen molar-refractivity contribution >= 4 is 11.6 Å². The normalized spacial score (nSPS) is 17.1. The van der Waals surface area contributed by atoms with Crippen molar-refractivity contribution in [3.8, 4) is 0 Å². The minimum Gasteiger partial charge on any atom is -0.383 e.